The van der Waals surface area contributed by atoms with Gasteiger partial charge in [0.25, 0.3) is 15.0 Å². The minimum atomic E-state index is -4.07. The van der Waals surface area contributed by atoms with Gasteiger partial charge in [-0.3, -0.25) is 4.79 Å². The van der Waals surface area contributed by atoms with Crippen molar-refractivity contribution < 1.29 is 17.6 Å². The fraction of sp³-hybridized carbons (Fsp3) is 0.417. The van der Waals surface area contributed by atoms with E-state index in [2.05, 4.69) is 15.9 Å². The second-order valence-electron chi connectivity index (χ2n) is 4.39. The van der Waals surface area contributed by atoms with Crippen molar-refractivity contribution in [3.63, 3.8) is 0 Å². The molecule has 1 aromatic carbocycles. The summed E-state index contributed by atoms with van der Waals surface area (Å²) in [4.78, 5) is 13.4. The molecule has 1 aromatic rings. The molecule has 0 spiro atoms. The molecule has 0 saturated heterocycles. The van der Waals surface area contributed by atoms with Crippen molar-refractivity contribution in [3.05, 3.63) is 28.0 Å². The van der Waals surface area contributed by atoms with Gasteiger partial charge in [0.2, 0.25) is 0 Å². The van der Waals surface area contributed by atoms with Crippen LogP contribution in [0.15, 0.2) is 21.5 Å². The van der Waals surface area contributed by atoms with Crippen LogP contribution in [0, 0.1) is 5.82 Å². The molecule has 0 bridgehead atoms. The fourth-order valence-corrected chi connectivity index (χ4v) is 3.95. The van der Waals surface area contributed by atoms with Gasteiger partial charge in [0.1, 0.15) is 5.82 Å². The first-order chi connectivity index (χ1) is 9.09. The normalized spacial score (nSPS) is 11.8. The van der Waals surface area contributed by atoms with Crippen molar-refractivity contribution >= 4 is 41.6 Å². The summed E-state index contributed by atoms with van der Waals surface area (Å²) < 4.78 is 36.7. The van der Waals surface area contributed by atoms with Gasteiger partial charge in [0, 0.05) is 27.7 Å². The number of halogens is 3. The van der Waals surface area contributed by atoms with Crippen molar-refractivity contribution in [1.82, 2.24) is 4.90 Å². The Balaban J connectivity index is 3.43. The van der Waals surface area contributed by atoms with Crippen molar-refractivity contribution in [2.45, 2.75) is 31.7 Å². The lowest BCUT2D eigenvalue weighted by Gasteiger charge is -2.25. The van der Waals surface area contributed by atoms with Crippen LogP contribution in [-0.2, 0) is 9.05 Å². The molecule has 1 rings (SSSR count). The Morgan fingerprint density at radius 2 is 2.00 bits per heavy atom. The number of nitrogens with zero attached hydrogens (tertiary/aromatic N) is 1. The van der Waals surface area contributed by atoms with Gasteiger partial charge in [0.05, 0.1) is 10.5 Å². The number of carbonyl (C=O) groups excluding carboxylic acids is 1. The van der Waals surface area contributed by atoms with Crippen LogP contribution in [0.25, 0.3) is 0 Å². The molecule has 0 saturated carbocycles. The molecule has 8 heteroatoms. The molecule has 0 aliphatic carbocycles. The number of hydrogen-bond donors (Lipinski definition) is 0. The highest BCUT2D eigenvalue weighted by Crippen LogP contribution is 2.28. The number of hydrogen-bond acceptors (Lipinski definition) is 3. The van der Waals surface area contributed by atoms with Gasteiger partial charge in [-0.15, -0.1) is 0 Å². The quantitative estimate of drug-likeness (QED) is 0.745. The predicted octanol–water partition coefficient (Wildman–Crippen LogP) is 3.39. The molecule has 0 radical (unpaired) electrons. The molecule has 4 nitrogen and oxygen atoms in total. The summed E-state index contributed by atoms with van der Waals surface area (Å²) >= 11 is 2.92. The van der Waals surface area contributed by atoms with Gasteiger partial charge < -0.3 is 4.90 Å². The summed E-state index contributed by atoms with van der Waals surface area (Å²) in [7, 11) is 1.19. The molecular weight excluding hydrogens is 373 g/mol. The molecule has 0 aliphatic rings. The minimum absolute atomic E-state index is 0.0193. The van der Waals surface area contributed by atoms with Crippen LogP contribution in [0.4, 0.5) is 4.39 Å². The zero-order valence-electron chi connectivity index (χ0n) is 11.2. The molecular formula is C12H14BrClFNO3S. The van der Waals surface area contributed by atoms with Gasteiger partial charge in [0.15, 0.2) is 0 Å². The van der Waals surface area contributed by atoms with E-state index in [4.69, 9.17) is 10.7 Å². The lowest BCUT2D eigenvalue weighted by molar-refractivity contribution is 0.0712. The van der Waals surface area contributed by atoms with E-state index < -0.39 is 20.8 Å². The van der Waals surface area contributed by atoms with Gasteiger partial charge in [-0.1, -0.05) is 0 Å². The van der Waals surface area contributed by atoms with E-state index in [1.165, 1.54) is 4.90 Å². The lowest BCUT2D eigenvalue weighted by atomic mass is 10.1. The Morgan fingerprint density at radius 1 is 1.45 bits per heavy atom. The molecule has 0 heterocycles. The van der Waals surface area contributed by atoms with Crippen LogP contribution in [0.3, 0.4) is 0 Å². The van der Waals surface area contributed by atoms with Crippen molar-refractivity contribution in [3.8, 4) is 0 Å². The molecule has 0 N–H and O–H groups in total. The van der Waals surface area contributed by atoms with Crippen LogP contribution in [0.2, 0.25) is 0 Å². The molecule has 0 atom stereocenters. The van der Waals surface area contributed by atoms with Crippen LogP contribution in [-0.4, -0.2) is 31.8 Å². The largest absolute Gasteiger partial charge is 0.336 e. The lowest BCUT2D eigenvalue weighted by Crippen LogP contribution is -2.37. The van der Waals surface area contributed by atoms with E-state index in [0.717, 1.165) is 12.1 Å². The summed E-state index contributed by atoms with van der Waals surface area (Å²) in [5.74, 6) is -1.38. The number of benzene rings is 1. The Hall–Kier alpha value is -0.660. The maximum absolute atomic E-state index is 13.9. The highest BCUT2D eigenvalue weighted by molar-refractivity contribution is 9.10. The number of rotatable bonds is 4. The van der Waals surface area contributed by atoms with Crippen molar-refractivity contribution in [2.75, 3.05) is 6.54 Å². The predicted molar refractivity (Wildman–Crippen MR) is 79.0 cm³/mol. The summed E-state index contributed by atoms with van der Waals surface area (Å²) in [5.41, 5.74) is -0.317. The smallest absolute Gasteiger partial charge is 0.262 e. The SMILES string of the molecule is CCN(C(=O)c1cc(S(=O)(=O)Cl)c(Br)cc1F)C(C)C. The Bertz CT molecular complexity index is 634. The topological polar surface area (TPSA) is 54.5 Å². The third-order valence-electron chi connectivity index (χ3n) is 2.74. The maximum Gasteiger partial charge on any atom is 0.262 e. The van der Waals surface area contributed by atoms with Gasteiger partial charge in [-0.05, 0) is 48.8 Å². The molecule has 0 fully saturated rings. The average molecular weight is 387 g/mol. The third kappa shape index (κ3) is 3.71. The second-order valence-corrected chi connectivity index (χ2v) is 7.77. The van der Waals surface area contributed by atoms with E-state index in [1.54, 1.807) is 20.8 Å². The van der Waals surface area contributed by atoms with Crippen LogP contribution >= 0.6 is 26.6 Å². The summed E-state index contributed by atoms with van der Waals surface area (Å²) in [5, 5.41) is 0. The molecule has 112 valence electrons. The van der Waals surface area contributed by atoms with E-state index in [-0.39, 0.29) is 21.0 Å². The Kier molecular flexibility index (Phi) is 5.57. The minimum Gasteiger partial charge on any atom is -0.336 e. The monoisotopic (exact) mass is 385 g/mol. The second kappa shape index (κ2) is 6.41. The number of amides is 1. The Labute approximate surface area is 130 Å². The molecule has 0 aromatic heterocycles. The van der Waals surface area contributed by atoms with Crippen LogP contribution in [0.5, 0.6) is 0 Å². The van der Waals surface area contributed by atoms with Crippen molar-refractivity contribution in [1.29, 1.82) is 0 Å². The van der Waals surface area contributed by atoms with Crippen molar-refractivity contribution in [2.24, 2.45) is 0 Å². The molecule has 0 unspecified atom stereocenters. The Morgan fingerprint density at radius 3 is 2.40 bits per heavy atom. The highest BCUT2D eigenvalue weighted by atomic mass is 79.9. The average Bonchev–Trinajstić information content (AvgIpc) is 2.27. The molecule has 0 aliphatic heterocycles. The summed E-state index contributed by atoms with van der Waals surface area (Å²) in [6.07, 6.45) is 0. The zero-order valence-corrected chi connectivity index (χ0v) is 14.3. The first-order valence-electron chi connectivity index (χ1n) is 5.84. The highest BCUT2D eigenvalue weighted by Gasteiger charge is 2.25. The first-order valence-corrected chi connectivity index (χ1v) is 8.94. The van der Waals surface area contributed by atoms with Gasteiger partial charge in [-0.2, -0.15) is 0 Å². The fourth-order valence-electron chi connectivity index (χ4n) is 1.78. The molecule has 1 amide bonds. The third-order valence-corrected chi connectivity index (χ3v) is 5.02. The van der Waals surface area contributed by atoms with E-state index >= 15 is 0 Å². The van der Waals surface area contributed by atoms with Crippen LogP contribution in [0.1, 0.15) is 31.1 Å². The van der Waals surface area contributed by atoms with E-state index in [0.29, 0.717) is 6.54 Å². The van der Waals surface area contributed by atoms with E-state index in [1.807, 2.05) is 0 Å². The van der Waals surface area contributed by atoms with E-state index in [9.17, 15) is 17.6 Å². The van der Waals surface area contributed by atoms with Crippen LogP contribution < -0.4 is 0 Å². The maximum atomic E-state index is 13.9. The number of carbonyl (C=O) groups is 1. The van der Waals surface area contributed by atoms with Gasteiger partial charge in [-0.25, -0.2) is 12.8 Å². The standard InChI is InChI=1S/C12H14BrClFNO3S/c1-4-16(7(2)3)12(17)8-5-11(20(14,18)19)9(13)6-10(8)15/h5-7H,4H2,1-3H3. The first kappa shape index (κ1) is 17.4. The van der Waals surface area contributed by atoms with Gasteiger partial charge >= 0.3 is 0 Å². The zero-order chi connectivity index (χ0) is 15.7. The molecule has 20 heavy (non-hydrogen) atoms. The summed E-state index contributed by atoms with van der Waals surface area (Å²) in [6.45, 7) is 5.72. The summed E-state index contributed by atoms with van der Waals surface area (Å²) in [6, 6.07) is 1.75.